The van der Waals surface area contributed by atoms with Crippen LogP contribution in [0.15, 0.2) is 85.1 Å². The first-order valence-electron chi connectivity index (χ1n) is 27.1. The Balaban J connectivity index is 3.84. The molecule has 0 rings (SSSR count). The van der Waals surface area contributed by atoms with Crippen molar-refractivity contribution in [3.05, 3.63) is 85.1 Å². The number of unbranched alkanes of at least 4 members (excludes halogenated alkanes) is 23. The van der Waals surface area contributed by atoms with E-state index >= 15 is 0 Å². The van der Waals surface area contributed by atoms with E-state index in [0.717, 1.165) is 83.5 Å². The van der Waals surface area contributed by atoms with Gasteiger partial charge in [0.1, 0.15) is 6.61 Å². The second-order valence-electron chi connectivity index (χ2n) is 17.7. The number of esters is 2. The van der Waals surface area contributed by atoms with Crippen LogP contribution in [0.2, 0.25) is 0 Å². The number of nitrogens with two attached hydrogens (primary N) is 1. The van der Waals surface area contributed by atoms with Gasteiger partial charge in [0.05, 0.1) is 13.2 Å². The molecule has 386 valence electrons. The standard InChI is InChI=1S/C57H100NO8P/c1-3-5-7-9-11-13-14-15-16-17-18-19-20-21-22-23-24-25-26-27-28-29-30-31-32-33-34-35-36-37-38-39-40-42-44-46-48-50-57(60)66-55(54-65-67(61,62)64-52-51-58)53-63-56(59)49-47-45-43-41-12-10-8-6-4-2/h5,7,11,13,15-16,18-19,21-22,24-25,27-28,55H,3-4,6,8-10,12,14,17,20,23,26,29-54,58H2,1-2H3,(H,61,62)/b7-5-,13-11-,16-15-,19-18-,22-21-,25-24-,28-27-. The third-order valence-corrected chi connectivity index (χ3v) is 12.3. The van der Waals surface area contributed by atoms with Crippen LogP contribution < -0.4 is 5.73 Å². The van der Waals surface area contributed by atoms with E-state index in [0.29, 0.717) is 6.42 Å². The number of ether oxygens (including phenoxy) is 2. The Morgan fingerprint density at radius 1 is 0.463 bits per heavy atom. The van der Waals surface area contributed by atoms with Crippen LogP contribution in [0.1, 0.15) is 232 Å². The SMILES string of the molecule is CC/C=C\C/C=C\C/C=C\C/C=C\C/C=C\C/C=C\C/C=C\CCCCCCCCCCCCCCCCCC(=O)OC(COC(=O)CCCCCCCCCCC)COP(=O)(O)OCCN. The highest BCUT2D eigenvalue weighted by atomic mass is 31.2. The maximum Gasteiger partial charge on any atom is 0.472 e. The first kappa shape index (κ1) is 64.2. The molecular formula is C57H100NO8P. The highest BCUT2D eigenvalue weighted by Crippen LogP contribution is 2.43. The minimum atomic E-state index is -4.38. The van der Waals surface area contributed by atoms with Gasteiger partial charge in [-0.25, -0.2) is 4.57 Å². The van der Waals surface area contributed by atoms with Crippen LogP contribution in [0.4, 0.5) is 0 Å². The van der Waals surface area contributed by atoms with Crippen LogP contribution >= 0.6 is 7.82 Å². The van der Waals surface area contributed by atoms with Crippen molar-refractivity contribution in [2.75, 3.05) is 26.4 Å². The van der Waals surface area contributed by atoms with Gasteiger partial charge < -0.3 is 20.1 Å². The fourth-order valence-corrected chi connectivity index (χ4v) is 8.09. The Kier molecular flexibility index (Phi) is 50.4. The number of hydrogen-bond acceptors (Lipinski definition) is 8. The summed E-state index contributed by atoms with van der Waals surface area (Å²) in [6.07, 6.45) is 68.0. The van der Waals surface area contributed by atoms with Crippen LogP contribution in [0.5, 0.6) is 0 Å². The van der Waals surface area contributed by atoms with Crippen LogP contribution in [0.25, 0.3) is 0 Å². The maximum atomic E-state index is 12.6. The summed E-state index contributed by atoms with van der Waals surface area (Å²) in [5, 5.41) is 0. The largest absolute Gasteiger partial charge is 0.472 e. The van der Waals surface area contributed by atoms with Crippen LogP contribution in [0.3, 0.4) is 0 Å². The maximum absolute atomic E-state index is 12.6. The van der Waals surface area contributed by atoms with Gasteiger partial charge in [0.15, 0.2) is 6.10 Å². The first-order valence-corrected chi connectivity index (χ1v) is 28.6. The quantitative estimate of drug-likeness (QED) is 0.0264. The van der Waals surface area contributed by atoms with Gasteiger partial charge >= 0.3 is 19.8 Å². The van der Waals surface area contributed by atoms with Crippen molar-refractivity contribution in [2.24, 2.45) is 5.73 Å². The molecule has 0 saturated carbocycles. The summed E-state index contributed by atoms with van der Waals surface area (Å²) in [5.74, 6) is -0.829. The fourth-order valence-electron chi connectivity index (χ4n) is 7.32. The zero-order valence-electron chi connectivity index (χ0n) is 42.9. The second kappa shape index (κ2) is 52.6. The van der Waals surface area contributed by atoms with Gasteiger partial charge in [0.25, 0.3) is 0 Å². The Labute approximate surface area is 411 Å². The van der Waals surface area contributed by atoms with E-state index in [1.807, 2.05) is 0 Å². The van der Waals surface area contributed by atoms with Crippen molar-refractivity contribution in [2.45, 2.75) is 238 Å². The molecule has 0 heterocycles. The minimum Gasteiger partial charge on any atom is -0.462 e. The van der Waals surface area contributed by atoms with Gasteiger partial charge in [-0.1, -0.05) is 234 Å². The van der Waals surface area contributed by atoms with Gasteiger partial charge in [-0.3, -0.25) is 18.6 Å². The molecule has 0 aromatic heterocycles. The van der Waals surface area contributed by atoms with Crippen molar-refractivity contribution in [3.63, 3.8) is 0 Å². The molecule has 0 aromatic carbocycles. The third kappa shape index (κ3) is 52.4. The lowest BCUT2D eigenvalue weighted by Gasteiger charge is -2.19. The molecule has 9 nitrogen and oxygen atoms in total. The molecule has 0 amide bonds. The topological polar surface area (TPSA) is 134 Å². The Morgan fingerprint density at radius 2 is 0.821 bits per heavy atom. The number of hydrogen-bond donors (Lipinski definition) is 2. The molecule has 10 heteroatoms. The summed E-state index contributed by atoms with van der Waals surface area (Å²) < 4.78 is 32.8. The van der Waals surface area contributed by atoms with E-state index in [4.69, 9.17) is 24.3 Å². The predicted molar refractivity (Wildman–Crippen MR) is 284 cm³/mol. The third-order valence-electron chi connectivity index (χ3n) is 11.3. The number of phosphoric acid groups is 1. The molecule has 2 atom stereocenters. The molecule has 0 radical (unpaired) electrons. The zero-order chi connectivity index (χ0) is 48.8. The minimum absolute atomic E-state index is 0.0524. The van der Waals surface area contributed by atoms with Crippen molar-refractivity contribution in [3.8, 4) is 0 Å². The van der Waals surface area contributed by atoms with E-state index in [-0.39, 0.29) is 38.6 Å². The molecule has 0 spiro atoms. The van der Waals surface area contributed by atoms with Gasteiger partial charge in [-0.05, 0) is 70.6 Å². The van der Waals surface area contributed by atoms with Gasteiger partial charge in [-0.2, -0.15) is 0 Å². The van der Waals surface area contributed by atoms with Crippen molar-refractivity contribution >= 4 is 19.8 Å². The molecule has 0 bridgehead atoms. The molecule has 3 N–H and O–H groups in total. The zero-order valence-corrected chi connectivity index (χ0v) is 43.8. The lowest BCUT2D eigenvalue weighted by atomic mass is 10.0. The molecule has 0 fully saturated rings. The van der Waals surface area contributed by atoms with Gasteiger partial charge in [0, 0.05) is 19.4 Å². The second-order valence-corrected chi connectivity index (χ2v) is 19.2. The van der Waals surface area contributed by atoms with Crippen LogP contribution in [0, 0.1) is 0 Å². The van der Waals surface area contributed by atoms with Crippen molar-refractivity contribution < 1.29 is 37.6 Å². The Hall–Kier alpha value is -2.81. The van der Waals surface area contributed by atoms with E-state index in [9.17, 15) is 19.0 Å². The van der Waals surface area contributed by atoms with Crippen LogP contribution in [-0.2, 0) is 32.7 Å². The summed E-state index contributed by atoms with van der Waals surface area (Å²) in [6, 6.07) is 0. The van der Waals surface area contributed by atoms with Crippen molar-refractivity contribution in [1.29, 1.82) is 0 Å². The Morgan fingerprint density at radius 3 is 1.22 bits per heavy atom. The monoisotopic (exact) mass is 958 g/mol. The highest BCUT2D eigenvalue weighted by molar-refractivity contribution is 7.47. The average molecular weight is 958 g/mol. The smallest absolute Gasteiger partial charge is 0.462 e. The molecule has 0 saturated heterocycles. The molecule has 0 aromatic rings. The normalized spacial score (nSPS) is 13.8. The lowest BCUT2D eigenvalue weighted by molar-refractivity contribution is -0.161. The molecular weight excluding hydrogens is 858 g/mol. The van der Waals surface area contributed by atoms with Gasteiger partial charge in [-0.15, -0.1) is 0 Å². The van der Waals surface area contributed by atoms with Crippen molar-refractivity contribution in [1.82, 2.24) is 0 Å². The van der Waals surface area contributed by atoms with E-state index in [2.05, 4.69) is 98.9 Å². The Bertz CT molecular complexity index is 1370. The summed E-state index contributed by atoms with van der Waals surface area (Å²) in [7, 11) is -4.38. The number of carbonyl (C=O) groups is 2. The molecule has 0 aliphatic heterocycles. The summed E-state index contributed by atoms with van der Waals surface area (Å²) in [5.41, 5.74) is 5.36. The highest BCUT2D eigenvalue weighted by Gasteiger charge is 2.26. The fraction of sp³-hybridized carbons (Fsp3) is 0.719. The first-order chi connectivity index (χ1) is 32.8. The number of carbonyl (C=O) groups excluding carboxylic acids is 2. The number of allylic oxidation sites excluding steroid dienone is 14. The lowest BCUT2D eigenvalue weighted by Crippen LogP contribution is -2.29. The summed E-state index contributed by atoms with van der Waals surface area (Å²) >= 11 is 0. The number of rotatable bonds is 50. The molecule has 0 aliphatic rings. The predicted octanol–water partition coefficient (Wildman–Crippen LogP) is 16.7. The number of phosphoric ester groups is 1. The molecule has 2 unspecified atom stereocenters. The van der Waals surface area contributed by atoms with E-state index < -0.39 is 26.5 Å². The summed E-state index contributed by atoms with van der Waals surface area (Å²) in [6.45, 7) is 3.60. The van der Waals surface area contributed by atoms with E-state index in [1.54, 1.807) is 0 Å². The van der Waals surface area contributed by atoms with Crippen LogP contribution in [-0.4, -0.2) is 49.3 Å². The summed E-state index contributed by atoms with van der Waals surface area (Å²) in [4.78, 5) is 34.9. The molecule has 0 aliphatic carbocycles. The molecule has 67 heavy (non-hydrogen) atoms. The van der Waals surface area contributed by atoms with Gasteiger partial charge in [0.2, 0.25) is 0 Å². The average Bonchev–Trinajstić information content (AvgIpc) is 3.32. The van der Waals surface area contributed by atoms with E-state index in [1.165, 1.54) is 116 Å².